The van der Waals surface area contributed by atoms with Gasteiger partial charge in [-0.2, -0.15) is 0 Å². The molecule has 3 N–H and O–H groups in total. The number of hydrogen-bond donors (Lipinski definition) is 3. The molecule has 0 aliphatic carbocycles. The first-order valence-corrected chi connectivity index (χ1v) is 6.43. The number of benzene rings is 1. The minimum absolute atomic E-state index is 0.113. The van der Waals surface area contributed by atoms with E-state index in [0.717, 1.165) is 0 Å². The van der Waals surface area contributed by atoms with Crippen LogP contribution in [0.3, 0.4) is 0 Å². The third kappa shape index (κ3) is 3.27. The summed E-state index contributed by atoms with van der Waals surface area (Å²) < 4.78 is 5.30. The van der Waals surface area contributed by atoms with Crippen LogP contribution in [0.1, 0.15) is 28.8 Å². The Balaban J connectivity index is 1.88. The normalized spacial score (nSPS) is 21.6. The van der Waals surface area contributed by atoms with Crippen molar-refractivity contribution in [2.24, 2.45) is 0 Å². The second-order valence-corrected chi connectivity index (χ2v) is 4.87. The van der Waals surface area contributed by atoms with E-state index in [1.807, 2.05) is 0 Å². The van der Waals surface area contributed by atoms with Gasteiger partial charge in [0.2, 0.25) is 0 Å². The van der Waals surface area contributed by atoms with Crippen LogP contribution in [0, 0.1) is 6.92 Å². The summed E-state index contributed by atoms with van der Waals surface area (Å²) in [7, 11) is 0. The number of hydrogen-bond acceptors (Lipinski definition) is 4. The Kier molecular flexibility index (Phi) is 4.24. The van der Waals surface area contributed by atoms with Crippen molar-refractivity contribution in [2.45, 2.75) is 32.0 Å². The molecule has 1 saturated heterocycles. The molecule has 6 heteroatoms. The van der Waals surface area contributed by atoms with Crippen molar-refractivity contribution in [3.05, 3.63) is 29.3 Å². The van der Waals surface area contributed by atoms with Gasteiger partial charge in [0.15, 0.2) is 6.10 Å². The summed E-state index contributed by atoms with van der Waals surface area (Å²) in [5.74, 6) is -1.11. The monoisotopic (exact) mass is 279 g/mol. The van der Waals surface area contributed by atoms with Crippen LogP contribution in [0.2, 0.25) is 0 Å². The Labute approximate surface area is 116 Å². The highest BCUT2D eigenvalue weighted by Gasteiger charge is 2.30. The van der Waals surface area contributed by atoms with Gasteiger partial charge in [-0.15, -0.1) is 0 Å². The van der Waals surface area contributed by atoms with Gasteiger partial charge in [0, 0.05) is 12.1 Å². The van der Waals surface area contributed by atoms with E-state index < -0.39 is 12.1 Å². The summed E-state index contributed by atoms with van der Waals surface area (Å²) in [5.41, 5.74) is 1.16. The molecule has 1 aliphatic heterocycles. The first-order valence-electron chi connectivity index (χ1n) is 6.43. The van der Waals surface area contributed by atoms with E-state index >= 15 is 0 Å². The summed E-state index contributed by atoms with van der Waals surface area (Å²) in [6.45, 7) is 2.02. The largest absolute Gasteiger partial charge is 0.508 e. The molecule has 1 aromatic rings. The minimum Gasteiger partial charge on any atom is -0.508 e. The highest BCUT2D eigenvalue weighted by molar-refractivity contribution is 5.95. The van der Waals surface area contributed by atoms with Crippen LogP contribution in [0.4, 0.5) is 0 Å². The van der Waals surface area contributed by atoms with Crippen molar-refractivity contribution < 1.29 is 24.5 Å². The van der Waals surface area contributed by atoms with Gasteiger partial charge >= 0.3 is 5.97 Å². The maximum absolute atomic E-state index is 12.0. The predicted octanol–water partition coefficient (Wildman–Crippen LogP) is 1.06. The molecule has 6 nitrogen and oxygen atoms in total. The summed E-state index contributed by atoms with van der Waals surface area (Å²) in [6, 6.07) is 4.52. The molecule has 20 heavy (non-hydrogen) atoms. The van der Waals surface area contributed by atoms with Crippen LogP contribution >= 0.6 is 0 Å². The number of ether oxygens (including phenoxy) is 1. The zero-order valence-corrected chi connectivity index (χ0v) is 11.1. The highest BCUT2D eigenvalue weighted by Crippen LogP contribution is 2.20. The number of carbonyl (C=O) groups excluding carboxylic acids is 1. The Hall–Kier alpha value is -2.08. The molecule has 0 radical (unpaired) electrons. The quantitative estimate of drug-likeness (QED) is 0.766. The van der Waals surface area contributed by atoms with Gasteiger partial charge in [-0.1, -0.05) is 0 Å². The van der Waals surface area contributed by atoms with Gasteiger partial charge in [0.25, 0.3) is 5.91 Å². The number of phenolic OH excluding ortho intramolecular Hbond substituents is 1. The molecule has 0 spiro atoms. The van der Waals surface area contributed by atoms with Gasteiger partial charge in [-0.25, -0.2) is 4.79 Å². The molecule has 2 rings (SSSR count). The van der Waals surface area contributed by atoms with Crippen molar-refractivity contribution in [3.8, 4) is 5.75 Å². The Bertz CT molecular complexity index is 528. The topological polar surface area (TPSA) is 95.9 Å². The van der Waals surface area contributed by atoms with E-state index in [-0.39, 0.29) is 24.3 Å². The molecule has 0 bridgehead atoms. The fourth-order valence-corrected chi connectivity index (χ4v) is 2.24. The van der Waals surface area contributed by atoms with Crippen LogP contribution in [-0.4, -0.2) is 40.8 Å². The number of aryl methyl sites for hydroxylation is 1. The van der Waals surface area contributed by atoms with Gasteiger partial charge in [0.1, 0.15) is 5.75 Å². The van der Waals surface area contributed by atoms with Gasteiger partial charge in [0.05, 0.1) is 6.10 Å². The molecule has 2 atom stereocenters. The number of aliphatic carboxylic acids is 1. The van der Waals surface area contributed by atoms with E-state index in [2.05, 4.69) is 5.32 Å². The van der Waals surface area contributed by atoms with Crippen molar-refractivity contribution in [1.82, 2.24) is 5.32 Å². The minimum atomic E-state index is -0.965. The molecule has 2 unspecified atom stereocenters. The number of phenols is 1. The van der Waals surface area contributed by atoms with Crippen LogP contribution < -0.4 is 5.32 Å². The van der Waals surface area contributed by atoms with E-state index in [0.29, 0.717) is 24.0 Å². The second-order valence-electron chi connectivity index (χ2n) is 4.87. The maximum Gasteiger partial charge on any atom is 0.332 e. The molecule has 108 valence electrons. The lowest BCUT2D eigenvalue weighted by Gasteiger charge is -2.13. The van der Waals surface area contributed by atoms with E-state index in [1.165, 1.54) is 12.1 Å². The van der Waals surface area contributed by atoms with E-state index in [4.69, 9.17) is 9.84 Å². The number of rotatable bonds is 4. The second kappa shape index (κ2) is 5.92. The van der Waals surface area contributed by atoms with Crippen molar-refractivity contribution in [1.29, 1.82) is 0 Å². The average Bonchev–Trinajstić information content (AvgIpc) is 2.85. The first-order chi connectivity index (χ1) is 9.47. The molecule has 1 heterocycles. The van der Waals surface area contributed by atoms with E-state index in [9.17, 15) is 14.7 Å². The summed E-state index contributed by atoms with van der Waals surface area (Å²) in [4.78, 5) is 22.7. The lowest BCUT2D eigenvalue weighted by molar-refractivity contribution is -0.149. The smallest absolute Gasteiger partial charge is 0.332 e. The molecule has 0 aromatic heterocycles. The molecule has 0 saturated carbocycles. The molecule has 1 fully saturated rings. The summed E-state index contributed by atoms with van der Waals surface area (Å²) >= 11 is 0. The Morgan fingerprint density at radius 2 is 2.15 bits per heavy atom. The first kappa shape index (κ1) is 14.3. The number of amides is 1. The fourth-order valence-electron chi connectivity index (χ4n) is 2.24. The van der Waals surface area contributed by atoms with Crippen LogP contribution in [-0.2, 0) is 9.53 Å². The zero-order chi connectivity index (χ0) is 14.7. The third-order valence-corrected chi connectivity index (χ3v) is 3.33. The molecular formula is C14H17NO5. The number of nitrogens with one attached hydrogen (secondary N) is 1. The number of aromatic hydroxyl groups is 1. The molecule has 1 amide bonds. The molecular weight excluding hydrogens is 262 g/mol. The average molecular weight is 279 g/mol. The summed E-state index contributed by atoms with van der Waals surface area (Å²) in [6.07, 6.45) is 0.0460. The number of carbonyl (C=O) groups is 2. The van der Waals surface area contributed by atoms with Gasteiger partial charge in [-0.3, -0.25) is 4.79 Å². The fraction of sp³-hybridized carbons (Fsp3) is 0.429. The lowest BCUT2D eigenvalue weighted by atomic mass is 10.1. The Morgan fingerprint density at radius 1 is 1.40 bits per heavy atom. The van der Waals surface area contributed by atoms with Crippen molar-refractivity contribution >= 4 is 11.9 Å². The highest BCUT2D eigenvalue weighted by atomic mass is 16.5. The third-order valence-electron chi connectivity index (χ3n) is 3.33. The van der Waals surface area contributed by atoms with Crippen LogP contribution in [0.25, 0.3) is 0 Å². The standard InChI is InChI=1S/C14H17NO5/c1-8-6-9(16)2-4-11(8)13(17)15-7-10-3-5-12(20-10)14(18)19/h2,4,6,10,12,16H,3,5,7H2,1H3,(H,15,17)(H,18,19). The predicted molar refractivity (Wildman–Crippen MR) is 70.7 cm³/mol. The van der Waals surface area contributed by atoms with Gasteiger partial charge < -0.3 is 20.3 Å². The van der Waals surface area contributed by atoms with Gasteiger partial charge in [-0.05, 0) is 43.5 Å². The van der Waals surface area contributed by atoms with Crippen LogP contribution in [0.5, 0.6) is 5.75 Å². The van der Waals surface area contributed by atoms with Crippen molar-refractivity contribution in [2.75, 3.05) is 6.54 Å². The number of carboxylic acid groups (broad SMARTS) is 1. The lowest BCUT2D eigenvalue weighted by Crippen LogP contribution is -2.33. The SMILES string of the molecule is Cc1cc(O)ccc1C(=O)NCC1CCC(C(=O)O)O1. The Morgan fingerprint density at radius 3 is 2.75 bits per heavy atom. The van der Waals surface area contributed by atoms with Crippen LogP contribution in [0.15, 0.2) is 18.2 Å². The van der Waals surface area contributed by atoms with E-state index in [1.54, 1.807) is 13.0 Å². The maximum atomic E-state index is 12.0. The number of carboxylic acids is 1. The molecule has 1 aromatic carbocycles. The summed E-state index contributed by atoms with van der Waals surface area (Å²) in [5, 5.41) is 20.8. The zero-order valence-electron chi connectivity index (χ0n) is 11.1. The molecule has 1 aliphatic rings. The van der Waals surface area contributed by atoms with Crippen molar-refractivity contribution in [3.63, 3.8) is 0 Å².